The summed E-state index contributed by atoms with van der Waals surface area (Å²) in [7, 11) is 1.53. The Balaban J connectivity index is 2.27. The van der Waals surface area contributed by atoms with E-state index in [1.54, 1.807) is 18.2 Å². The van der Waals surface area contributed by atoms with Gasteiger partial charge in [-0.1, -0.05) is 11.6 Å². The van der Waals surface area contributed by atoms with Gasteiger partial charge in [-0.05, 0) is 40.2 Å². The van der Waals surface area contributed by atoms with Gasteiger partial charge < -0.3 is 10.1 Å². The maximum atomic E-state index is 12.2. The Morgan fingerprint density at radius 2 is 2.05 bits per heavy atom. The maximum Gasteiger partial charge on any atom is 0.270 e. The summed E-state index contributed by atoms with van der Waals surface area (Å²) in [6.07, 6.45) is 0. The fourth-order valence-corrected chi connectivity index (χ4v) is 2.49. The number of rotatable bonds is 4. The number of non-ortho nitro benzene ring substituents is 1. The van der Waals surface area contributed by atoms with Crippen LogP contribution in [0, 0.1) is 10.1 Å². The molecule has 2 rings (SSSR count). The van der Waals surface area contributed by atoms with Crippen LogP contribution >= 0.6 is 27.5 Å². The van der Waals surface area contributed by atoms with Gasteiger partial charge >= 0.3 is 0 Å². The molecule has 0 atom stereocenters. The number of ether oxygens (including phenoxy) is 1. The molecule has 0 unspecified atom stereocenters. The van der Waals surface area contributed by atoms with Gasteiger partial charge in [0.05, 0.1) is 27.1 Å². The van der Waals surface area contributed by atoms with Crippen molar-refractivity contribution in [3.05, 3.63) is 61.6 Å². The minimum absolute atomic E-state index is 0.0304. The number of nitro benzene ring substituents is 1. The lowest BCUT2D eigenvalue weighted by molar-refractivity contribution is -0.384. The van der Waals surface area contributed by atoms with Crippen molar-refractivity contribution >= 4 is 44.8 Å². The average molecular weight is 386 g/mol. The molecule has 2 aromatic carbocycles. The predicted molar refractivity (Wildman–Crippen MR) is 86.8 cm³/mol. The summed E-state index contributed by atoms with van der Waals surface area (Å²) < 4.78 is 5.76. The zero-order valence-corrected chi connectivity index (χ0v) is 13.6. The van der Waals surface area contributed by atoms with E-state index in [-0.39, 0.29) is 16.3 Å². The minimum atomic E-state index is -0.586. The first kappa shape index (κ1) is 16.3. The first-order chi connectivity index (χ1) is 10.4. The summed E-state index contributed by atoms with van der Waals surface area (Å²) in [6.45, 7) is 0. The second-order valence-electron chi connectivity index (χ2n) is 4.22. The lowest BCUT2D eigenvalue weighted by Crippen LogP contribution is -2.12. The van der Waals surface area contributed by atoms with Crippen molar-refractivity contribution in [2.45, 2.75) is 0 Å². The fourth-order valence-electron chi connectivity index (χ4n) is 1.74. The number of halogens is 2. The second kappa shape index (κ2) is 6.76. The number of hydrogen-bond acceptors (Lipinski definition) is 4. The Bertz CT molecular complexity index is 752. The summed E-state index contributed by atoms with van der Waals surface area (Å²) in [5.41, 5.74) is 0.327. The van der Waals surface area contributed by atoms with E-state index in [1.807, 2.05) is 0 Å². The molecule has 0 aliphatic carbocycles. The van der Waals surface area contributed by atoms with Gasteiger partial charge in [-0.2, -0.15) is 0 Å². The van der Waals surface area contributed by atoms with Crippen molar-refractivity contribution in [3.63, 3.8) is 0 Å². The zero-order valence-electron chi connectivity index (χ0n) is 11.3. The Kier molecular flexibility index (Phi) is 4.99. The minimum Gasteiger partial charge on any atom is -0.496 e. The number of benzene rings is 2. The van der Waals surface area contributed by atoms with Crippen molar-refractivity contribution < 1.29 is 14.5 Å². The van der Waals surface area contributed by atoms with Gasteiger partial charge in [0.1, 0.15) is 5.75 Å². The number of carbonyl (C=O) groups excluding carboxylic acids is 1. The molecule has 0 bridgehead atoms. The molecule has 0 aliphatic heterocycles. The molecule has 0 radical (unpaired) electrons. The monoisotopic (exact) mass is 384 g/mol. The molecule has 0 heterocycles. The van der Waals surface area contributed by atoms with Gasteiger partial charge in [-0.25, -0.2) is 0 Å². The highest BCUT2D eigenvalue weighted by Crippen LogP contribution is 2.29. The van der Waals surface area contributed by atoms with E-state index in [0.29, 0.717) is 15.9 Å². The van der Waals surface area contributed by atoms with Crippen LogP contribution in [0.2, 0.25) is 5.02 Å². The van der Waals surface area contributed by atoms with Gasteiger partial charge in [0.15, 0.2) is 0 Å². The fraction of sp³-hybridized carbons (Fsp3) is 0.0714. The van der Waals surface area contributed by atoms with E-state index in [9.17, 15) is 14.9 Å². The van der Waals surface area contributed by atoms with Gasteiger partial charge in [-0.3, -0.25) is 14.9 Å². The smallest absolute Gasteiger partial charge is 0.270 e. The van der Waals surface area contributed by atoms with E-state index < -0.39 is 10.8 Å². The Morgan fingerprint density at radius 1 is 1.32 bits per heavy atom. The van der Waals surface area contributed by atoms with E-state index in [4.69, 9.17) is 16.3 Å². The number of amides is 1. The highest BCUT2D eigenvalue weighted by atomic mass is 79.9. The van der Waals surface area contributed by atoms with E-state index in [0.717, 1.165) is 6.07 Å². The molecular formula is C14H10BrClN2O4. The zero-order chi connectivity index (χ0) is 16.3. The molecule has 0 saturated carbocycles. The molecule has 22 heavy (non-hydrogen) atoms. The molecule has 0 saturated heterocycles. The summed E-state index contributed by atoms with van der Waals surface area (Å²) in [4.78, 5) is 22.4. The average Bonchev–Trinajstić information content (AvgIpc) is 2.47. The number of nitro groups is 1. The number of carbonyl (C=O) groups is 1. The third kappa shape index (κ3) is 3.55. The number of methoxy groups -OCH3 is 1. The number of hydrogen-bond donors (Lipinski definition) is 1. The molecule has 0 fully saturated rings. The normalized spacial score (nSPS) is 10.1. The summed E-state index contributed by atoms with van der Waals surface area (Å²) >= 11 is 9.24. The van der Waals surface area contributed by atoms with Crippen LogP contribution in [0.15, 0.2) is 40.9 Å². The Hall–Kier alpha value is -2.12. The first-order valence-electron chi connectivity index (χ1n) is 6.01. The van der Waals surface area contributed by atoms with Crippen LogP contribution in [0.4, 0.5) is 11.4 Å². The summed E-state index contributed by atoms with van der Waals surface area (Å²) in [5, 5.41) is 13.5. The molecule has 2 aromatic rings. The quantitative estimate of drug-likeness (QED) is 0.629. The van der Waals surface area contributed by atoms with Crippen LogP contribution in [0.3, 0.4) is 0 Å². The third-order valence-electron chi connectivity index (χ3n) is 2.82. The Morgan fingerprint density at radius 3 is 2.64 bits per heavy atom. The Labute approximate surface area is 139 Å². The van der Waals surface area contributed by atoms with Crippen molar-refractivity contribution in [3.8, 4) is 5.75 Å². The van der Waals surface area contributed by atoms with Gasteiger partial charge in [0, 0.05) is 17.8 Å². The lowest BCUT2D eigenvalue weighted by atomic mass is 10.2. The van der Waals surface area contributed by atoms with Crippen molar-refractivity contribution in [1.82, 2.24) is 0 Å². The van der Waals surface area contributed by atoms with E-state index in [1.165, 1.54) is 19.2 Å². The molecular weight excluding hydrogens is 376 g/mol. The van der Waals surface area contributed by atoms with Crippen LogP contribution < -0.4 is 10.1 Å². The number of anilines is 1. The van der Waals surface area contributed by atoms with E-state index in [2.05, 4.69) is 21.2 Å². The van der Waals surface area contributed by atoms with Crippen LogP contribution in [-0.2, 0) is 0 Å². The van der Waals surface area contributed by atoms with Crippen LogP contribution in [-0.4, -0.2) is 17.9 Å². The lowest BCUT2D eigenvalue weighted by Gasteiger charge is -2.09. The highest BCUT2D eigenvalue weighted by Gasteiger charge is 2.16. The third-order valence-corrected chi connectivity index (χ3v) is 3.76. The van der Waals surface area contributed by atoms with Crippen LogP contribution in [0.5, 0.6) is 5.75 Å². The van der Waals surface area contributed by atoms with E-state index >= 15 is 0 Å². The topological polar surface area (TPSA) is 81.5 Å². The molecule has 0 spiro atoms. The maximum absolute atomic E-state index is 12.2. The van der Waals surface area contributed by atoms with Crippen molar-refractivity contribution in [2.24, 2.45) is 0 Å². The highest BCUT2D eigenvalue weighted by molar-refractivity contribution is 9.10. The molecule has 6 nitrogen and oxygen atoms in total. The standard InChI is InChI=1S/C14H10BrClN2O4/c1-22-13-5-2-8(6-11(13)15)17-14(19)10-7-9(18(20)21)3-4-12(10)16/h2-7H,1H3,(H,17,19). The molecule has 0 aromatic heterocycles. The van der Waals surface area contributed by atoms with Gasteiger partial charge in [-0.15, -0.1) is 0 Å². The van der Waals surface area contributed by atoms with Crippen molar-refractivity contribution in [1.29, 1.82) is 0 Å². The molecule has 0 aliphatic rings. The van der Waals surface area contributed by atoms with Crippen LogP contribution in [0.1, 0.15) is 10.4 Å². The number of nitrogens with one attached hydrogen (secondary N) is 1. The summed E-state index contributed by atoms with van der Waals surface area (Å²) in [5.74, 6) is 0.0807. The SMILES string of the molecule is COc1ccc(NC(=O)c2cc([N+](=O)[O-])ccc2Cl)cc1Br. The van der Waals surface area contributed by atoms with Gasteiger partial charge in [0.2, 0.25) is 0 Å². The molecule has 1 amide bonds. The van der Waals surface area contributed by atoms with Crippen LogP contribution in [0.25, 0.3) is 0 Å². The summed E-state index contributed by atoms with van der Waals surface area (Å²) in [6, 6.07) is 8.67. The molecule has 114 valence electrons. The molecule has 8 heteroatoms. The second-order valence-corrected chi connectivity index (χ2v) is 5.49. The first-order valence-corrected chi connectivity index (χ1v) is 7.18. The van der Waals surface area contributed by atoms with Gasteiger partial charge in [0.25, 0.3) is 11.6 Å². The predicted octanol–water partition coefficient (Wildman–Crippen LogP) is 4.27. The molecule has 1 N–H and O–H groups in total. The largest absolute Gasteiger partial charge is 0.496 e. The number of nitrogens with zero attached hydrogens (tertiary/aromatic N) is 1. The van der Waals surface area contributed by atoms with Crippen molar-refractivity contribution in [2.75, 3.05) is 12.4 Å².